The van der Waals surface area contributed by atoms with Gasteiger partial charge in [-0.25, -0.2) is 0 Å². The van der Waals surface area contributed by atoms with Gasteiger partial charge < -0.3 is 14.1 Å². The van der Waals surface area contributed by atoms with Gasteiger partial charge in [0.2, 0.25) is 17.7 Å². The Kier molecular flexibility index (Phi) is 4.19. The zero-order valence-electron chi connectivity index (χ0n) is 13.1. The van der Waals surface area contributed by atoms with E-state index in [9.17, 15) is 0 Å². The number of aromatic nitrogens is 4. The van der Waals surface area contributed by atoms with Crippen molar-refractivity contribution in [1.29, 1.82) is 0 Å². The molecule has 1 atom stereocenters. The van der Waals surface area contributed by atoms with Crippen molar-refractivity contribution in [3.8, 4) is 5.88 Å². The molecule has 0 radical (unpaired) electrons. The summed E-state index contributed by atoms with van der Waals surface area (Å²) in [4.78, 5) is 13.1. The third-order valence-electron chi connectivity index (χ3n) is 3.89. The highest BCUT2D eigenvalue weighted by molar-refractivity contribution is 5.38. The van der Waals surface area contributed by atoms with Gasteiger partial charge in [0, 0.05) is 33.1 Å². The van der Waals surface area contributed by atoms with Crippen LogP contribution in [0.2, 0.25) is 0 Å². The summed E-state index contributed by atoms with van der Waals surface area (Å²) in [6.07, 6.45) is 3.38. The summed E-state index contributed by atoms with van der Waals surface area (Å²) < 4.78 is 10.7. The van der Waals surface area contributed by atoms with E-state index in [1.807, 2.05) is 6.92 Å². The normalized spacial score (nSPS) is 17.5. The van der Waals surface area contributed by atoms with Crippen LogP contribution in [0.4, 0.5) is 5.82 Å². The molecule has 0 spiro atoms. The Morgan fingerprint density at radius 1 is 1.18 bits per heavy atom. The first-order valence-electron chi connectivity index (χ1n) is 7.32. The van der Waals surface area contributed by atoms with Gasteiger partial charge in [-0.05, 0) is 6.92 Å². The van der Waals surface area contributed by atoms with E-state index in [1.54, 1.807) is 19.5 Å². The molecule has 8 nitrogen and oxygen atoms in total. The minimum atomic E-state index is 0.125. The first-order valence-corrected chi connectivity index (χ1v) is 7.32. The first-order chi connectivity index (χ1) is 10.7. The lowest BCUT2D eigenvalue weighted by Crippen LogP contribution is -2.47. The fourth-order valence-electron chi connectivity index (χ4n) is 2.56. The number of piperazine rings is 1. The van der Waals surface area contributed by atoms with Gasteiger partial charge in [0.1, 0.15) is 0 Å². The van der Waals surface area contributed by atoms with Crippen LogP contribution in [0.1, 0.15) is 24.7 Å². The lowest BCUT2D eigenvalue weighted by atomic mass is 10.2. The minimum Gasteiger partial charge on any atom is -0.480 e. The molecule has 2 aromatic heterocycles. The summed E-state index contributed by atoms with van der Waals surface area (Å²) in [5.74, 6) is 2.66. The van der Waals surface area contributed by atoms with E-state index in [2.05, 4.69) is 36.9 Å². The van der Waals surface area contributed by atoms with Gasteiger partial charge in [-0.3, -0.25) is 9.88 Å². The molecule has 2 aromatic rings. The molecule has 3 heterocycles. The van der Waals surface area contributed by atoms with E-state index in [0.717, 1.165) is 32.0 Å². The van der Waals surface area contributed by atoms with Gasteiger partial charge >= 0.3 is 0 Å². The maximum absolute atomic E-state index is 5.52. The quantitative estimate of drug-likeness (QED) is 0.829. The standard InChI is InChI=1S/C14H20N6O2/c1-10(14-18-17-11(2)22-14)19-4-6-20(7-5-19)12-8-15-9-13(16-12)21-3/h8-10H,4-7H2,1-3H3. The Morgan fingerprint density at radius 2 is 1.95 bits per heavy atom. The molecule has 3 rings (SSSR count). The summed E-state index contributed by atoms with van der Waals surface area (Å²) >= 11 is 0. The van der Waals surface area contributed by atoms with Crippen molar-refractivity contribution in [2.24, 2.45) is 0 Å². The molecule has 0 aliphatic carbocycles. The first kappa shape index (κ1) is 14.7. The van der Waals surface area contributed by atoms with Crippen molar-refractivity contribution in [2.75, 3.05) is 38.2 Å². The Balaban J connectivity index is 1.62. The van der Waals surface area contributed by atoms with Gasteiger partial charge in [0.25, 0.3) is 0 Å². The van der Waals surface area contributed by atoms with E-state index >= 15 is 0 Å². The van der Waals surface area contributed by atoms with Crippen molar-refractivity contribution in [3.05, 3.63) is 24.2 Å². The van der Waals surface area contributed by atoms with Gasteiger partial charge in [0.05, 0.1) is 25.5 Å². The topological polar surface area (TPSA) is 80.4 Å². The molecule has 118 valence electrons. The molecule has 1 aliphatic rings. The number of hydrogen-bond acceptors (Lipinski definition) is 8. The Labute approximate surface area is 129 Å². The molecule has 1 fully saturated rings. The molecular weight excluding hydrogens is 284 g/mol. The number of aryl methyl sites for hydroxylation is 1. The van der Waals surface area contributed by atoms with Crippen LogP contribution in [-0.4, -0.2) is 58.4 Å². The molecule has 0 amide bonds. The molecule has 0 aromatic carbocycles. The fourth-order valence-corrected chi connectivity index (χ4v) is 2.56. The molecule has 22 heavy (non-hydrogen) atoms. The zero-order valence-corrected chi connectivity index (χ0v) is 13.1. The Hall–Kier alpha value is -2.22. The maximum atomic E-state index is 5.52. The summed E-state index contributed by atoms with van der Waals surface area (Å²) in [5, 5.41) is 8.01. The van der Waals surface area contributed by atoms with Crippen LogP contribution in [0.3, 0.4) is 0 Å². The van der Waals surface area contributed by atoms with Crippen LogP contribution in [0.15, 0.2) is 16.8 Å². The number of ether oxygens (including phenoxy) is 1. The van der Waals surface area contributed by atoms with Crippen molar-refractivity contribution in [2.45, 2.75) is 19.9 Å². The molecule has 0 bridgehead atoms. The van der Waals surface area contributed by atoms with Crippen LogP contribution in [0, 0.1) is 6.92 Å². The predicted octanol–water partition coefficient (Wildman–Crippen LogP) is 1.06. The second kappa shape index (κ2) is 6.27. The van der Waals surface area contributed by atoms with E-state index in [1.165, 1.54) is 0 Å². The van der Waals surface area contributed by atoms with Crippen molar-refractivity contribution in [1.82, 2.24) is 25.1 Å². The Morgan fingerprint density at radius 3 is 2.59 bits per heavy atom. The molecule has 0 N–H and O–H groups in total. The second-order valence-corrected chi connectivity index (χ2v) is 5.28. The fraction of sp³-hybridized carbons (Fsp3) is 0.571. The van der Waals surface area contributed by atoms with Crippen LogP contribution in [0.25, 0.3) is 0 Å². The van der Waals surface area contributed by atoms with Crippen LogP contribution in [0.5, 0.6) is 5.88 Å². The third-order valence-corrected chi connectivity index (χ3v) is 3.89. The van der Waals surface area contributed by atoms with Gasteiger partial charge in [0.15, 0.2) is 5.82 Å². The number of rotatable bonds is 4. The summed E-state index contributed by atoms with van der Waals surface area (Å²) in [5.41, 5.74) is 0. The minimum absolute atomic E-state index is 0.125. The number of anilines is 1. The number of hydrogen-bond donors (Lipinski definition) is 0. The number of methoxy groups -OCH3 is 1. The highest BCUT2D eigenvalue weighted by Crippen LogP contribution is 2.22. The molecule has 8 heteroatoms. The average Bonchev–Trinajstić information content (AvgIpc) is 3.01. The molecule has 1 saturated heterocycles. The van der Waals surface area contributed by atoms with Crippen LogP contribution < -0.4 is 9.64 Å². The van der Waals surface area contributed by atoms with E-state index in [-0.39, 0.29) is 6.04 Å². The van der Waals surface area contributed by atoms with Gasteiger partial charge in [-0.1, -0.05) is 0 Å². The smallest absolute Gasteiger partial charge is 0.233 e. The molecular formula is C14H20N6O2. The van der Waals surface area contributed by atoms with E-state index in [0.29, 0.717) is 17.7 Å². The van der Waals surface area contributed by atoms with Crippen molar-refractivity contribution in [3.63, 3.8) is 0 Å². The Bertz CT molecular complexity index is 623. The second-order valence-electron chi connectivity index (χ2n) is 5.28. The van der Waals surface area contributed by atoms with Gasteiger partial charge in [-0.2, -0.15) is 4.98 Å². The summed E-state index contributed by atoms with van der Waals surface area (Å²) in [7, 11) is 1.60. The molecule has 0 saturated carbocycles. The monoisotopic (exact) mass is 304 g/mol. The highest BCUT2D eigenvalue weighted by atomic mass is 16.5. The summed E-state index contributed by atoms with van der Waals surface area (Å²) in [6.45, 7) is 7.46. The molecule has 1 aliphatic heterocycles. The average molecular weight is 304 g/mol. The SMILES string of the molecule is COc1cncc(N2CCN(C(C)c3nnc(C)o3)CC2)n1. The number of nitrogens with zero attached hydrogens (tertiary/aromatic N) is 6. The largest absolute Gasteiger partial charge is 0.480 e. The van der Waals surface area contributed by atoms with E-state index < -0.39 is 0 Å². The highest BCUT2D eigenvalue weighted by Gasteiger charge is 2.26. The van der Waals surface area contributed by atoms with Crippen molar-refractivity contribution >= 4 is 5.82 Å². The summed E-state index contributed by atoms with van der Waals surface area (Å²) in [6, 6.07) is 0.125. The third kappa shape index (κ3) is 3.01. The van der Waals surface area contributed by atoms with Crippen molar-refractivity contribution < 1.29 is 9.15 Å². The lowest BCUT2D eigenvalue weighted by Gasteiger charge is -2.37. The zero-order chi connectivity index (χ0) is 15.5. The predicted molar refractivity (Wildman–Crippen MR) is 79.8 cm³/mol. The molecule has 1 unspecified atom stereocenters. The maximum Gasteiger partial charge on any atom is 0.233 e. The van der Waals surface area contributed by atoms with Crippen LogP contribution >= 0.6 is 0 Å². The van der Waals surface area contributed by atoms with Crippen LogP contribution in [-0.2, 0) is 0 Å². The lowest BCUT2D eigenvalue weighted by molar-refractivity contribution is 0.171. The van der Waals surface area contributed by atoms with E-state index in [4.69, 9.17) is 9.15 Å². The van der Waals surface area contributed by atoms with Gasteiger partial charge in [-0.15, -0.1) is 10.2 Å².